The number of anilines is 1. The summed E-state index contributed by atoms with van der Waals surface area (Å²) in [6.45, 7) is -3.94. The Morgan fingerprint density at radius 1 is 0.602 bits per heavy atom. The summed E-state index contributed by atoms with van der Waals surface area (Å²) in [4.78, 5) is 98.5. The third-order valence-electron chi connectivity index (χ3n) is 18.6. The summed E-state index contributed by atoms with van der Waals surface area (Å²) >= 11 is 0. The molecule has 3 aromatic carbocycles. The third kappa shape index (κ3) is 18.6. The van der Waals surface area contributed by atoms with Crippen LogP contribution in [0.25, 0.3) is 6.08 Å². The van der Waals surface area contributed by atoms with Gasteiger partial charge in [0.15, 0.2) is 24.4 Å². The first-order chi connectivity index (χ1) is 49.2. The number of carbonyl (C=O) groups excluding carboxylic acids is 6. The first-order valence-electron chi connectivity index (χ1n) is 33.1. The van der Waals surface area contributed by atoms with Gasteiger partial charge in [-0.1, -0.05) is 73.7 Å². The quantitative estimate of drug-likeness (QED) is 0.0444. The number of rotatable bonds is 22. The van der Waals surface area contributed by atoms with E-state index in [0.717, 1.165) is 16.2 Å². The number of carbonyl (C=O) groups is 6. The summed E-state index contributed by atoms with van der Waals surface area (Å²) in [7, 11) is 3.82. The van der Waals surface area contributed by atoms with E-state index in [4.69, 9.17) is 39.9 Å². The van der Waals surface area contributed by atoms with Crippen LogP contribution in [0, 0.1) is 0 Å². The molecule has 38 heteroatoms. The number of nitrogens with two attached hydrogens (primary N) is 2. The molecule has 566 valence electrons. The molecule has 0 radical (unpaired) electrons. The van der Waals surface area contributed by atoms with Crippen LogP contribution in [0.1, 0.15) is 29.5 Å². The van der Waals surface area contributed by atoms with Gasteiger partial charge in [0.2, 0.25) is 41.7 Å². The molecule has 24 N–H and O–H groups in total. The predicted molar refractivity (Wildman–Crippen MR) is 357 cm³/mol. The largest absolute Gasteiger partial charge is 0.462 e. The average molecular weight is 1450 g/mol. The fourth-order valence-electron chi connectivity index (χ4n) is 12.6. The molecule has 9 rings (SSSR count). The van der Waals surface area contributed by atoms with E-state index in [2.05, 4.69) is 47.2 Å². The number of aliphatic hydroxyl groups excluding tert-OH is 13. The molecule has 25 unspecified atom stereocenters. The highest BCUT2D eigenvalue weighted by Crippen LogP contribution is 2.33. The minimum atomic E-state index is -2.35. The van der Waals surface area contributed by atoms with Crippen molar-refractivity contribution in [1.82, 2.24) is 42.1 Å². The van der Waals surface area contributed by atoms with Crippen molar-refractivity contribution >= 4 is 59.1 Å². The number of aliphatic imine (C=N–C) groups is 2. The maximum Gasteiger partial charge on any atom is 0.246 e. The van der Waals surface area contributed by atoms with Crippen LogP contribution in [0.4, 0.5) is 5.69 Å². The van der Waals surface area contributed by atoms with Gasteiger partial charge in [-0.25, -0.2) is 0 Å². The van der Waals surface area contributed by atoms with E-state index in [-0.39, 0.29) is 30.4 Å². The van der Waals surface area contributed by atoms with Crippen molar-refractivity contribution in [1.29, 1.82) is 0 Å². The summed E-state index contributed by atoms with van der Waals surface area (Å²) in [5.74, 6) is -8.99. The van der Waals surface area contributed by atoms with Gasteiger partial charge in [-0.05, 0) is 41.0 Å². The molecule has 4 saturated heterocycles. The van der Waals surface area contributed by atoms with Crippen molar-refractivity contribution < 1.29 is 124 Å². The van der Waals surface area contributed by atoms with E-state index >= 15 is 9.59 Å². The topological polar surface area (TPSA) is 588 Å². The number of ether oxygens (including phenoxy) is 6. The summed E-state index contributed by atoms with van der Waals surface area (Å²) in [6.07, 6.45) is -27.4. The molecule has 6 heterocycles. The van der Waals surface area contributed by atoms with Gasteiger partial charge in [0, 0.05) is 32.1 Å². The van der Waals surface area contributed by atoms with Crippen LogP contribution in [0.15, 0.2) is 94.9 Å². The molecule has 0 bridgehead atoms. The van der Waals surface area contributed by atoms with Gasteiger partial charge < -0.3 is 153 Å². The predicted octanol–water partition coefficient (Wildman–Crippen LogP) is -10.8. The number of amides is 6. The highest BCUT2D eigenvalue weighted by Gasteiger charge is 2.54. The Labute approximate surface area is 589 Å². The Kier molecular flexibility index (Phi) is 27.1. The van der Waals surface area contributed by atoms with Gasteiger partial charge in [0.1, 0.15) is 121 Å². The molecule has 0 saturated carbocycles. The number of hydrogen-bond donors (Lipinski definition) is 22. The second-order valence-electron chi connectivity index (χ2n) is 25.8. The lowest BCUT2D eigenvalue weighted by atomic mass is 9.92. The Bertz CT molecular complexity index is 3460. The molecular weight excluding hydrogens is 1360 g/mol. The minimum Gasteiger partial charge on any atom is -0.462 e. The highest BCUT2D eigenvalue weighted by molar-refractivity contribution is 5.98. The zero-order valence-electron chi connectivity index (χ0n) is 56.1. The second kappa shape index (κ2) is 35.4. The number of nitrogens with zero attached hydrogens (tertiary/aromatic N) is 4. The van der Waals surface area contributed by atoms with Crippen LogP contribution < -0.4 is 58.3 Å². The molecule has 6 amide bonds. The fourth-order valence-corrected chi connectivity index (χ4v) is 12.6. The summed E-state index contributed by atoms with van der Waals surface area (Å²) in [5.41, 5.74) is 14.7. The number of benzene rings is 3. The Morgan fingerprint density at radius 2 is 1.20 bits per heavy atom. The number of nitrogens with one attached hydrogen (secondary N) is 7. The van der Waals surface area contributed by atoms with Gasteiger partial charge in [-0.2, -0.15) is 0 Å². The molecule has 25 atom stereocenters. The molecule has 0 spiro atoms. The van der Waals surface area contributed by atoms with Gasteiger partial charge in [-0.15, -0.1) is 0 Å². The maximum atomic E-state index is 15.2. The zero-order chi connectivity index (χ0) is 74.7. The Morgan fingerprint density at radius 3 is 1.84 bits per heavy atom. The standard InChI is InChI=1S/C65H91N13O25/c1-28(31-9-5-4-6-10-31)42-58(95)71-34(20-30-13-17-33(18-14-30)99-62-53(92)50(89)55(40(27-82)102-62)103-63-52(91)49(88)54(39(26-81)101-63)98-19-7-8-29-11-15-32(16-12-29)77(2)3)57(94)75-43(45(84)35-21-69-64(66)73-35)60(97)76-44(59(96)72-36(24-79)56(93)68-23-41(83)74-42)46(85)37-22-70-65(67)78(37)61-51(90)48(87)47(86)38(25-80)100-61/h4-18,28,34-40,42-55,61-63,79-82,84-92H,19-27H2,1-3H3,(H2,67,70)(H,68,93)(H,71,95)(H,72,96)(H,74,83)(H,75,94)(H,76,97)(H3,66,69,73)/b8-7+. The van der Waals surface area contributed by atoms with Crippen LogP contribution in [0.2, 0.25) is 0 Å². The van der Waals surface area contributed by atoms with Crippen molar-refractivity contribution in [3.8, 4) is 5.75 Å². The molecule has 0 aliphatic carbocycles. The fraction of sp³-hybridized carbons (Fsp3) is 0.569. The molecule has 4 fully saturated rings. The molecule has 6 aliphatic heterocycles. The Balaban J connectivity index is 0.959. The van der Waals surface area contributed by atoms with Gasteiger partial charge in [0.25, 0.3) is 0 Å². The van der Waals surface area contributed by atoms with Crippen molar-refractivity contribution in [2.75, 3.05) is 71.7 Å². The van der Waals surface area contributed by atoms with Crippen LogP contribution in [0.3, 0.4) is 0 Å². The smallest absolute Gasteiger partial charge is 0.246 e. The van der Waals surface area contributed by atoms with Crippen LogP contribution >= 0.6 is 0 Å². The lowest BCUT2D eigenvalue weighted by Gasteiger charge is -2.46. The first-order valence-corrected chi connectivity index (χ1v) is 33.1. The molecule has 3 aromatic rings. The summed E-state index contributed by atoms with van der Waals surface area (Å²) in [5, 5.41) is 161. The van der Waals surface area contributed by atoms with Crippen molar-refractivity contribution in [3.05, 3.63) is 102 Å². The van der Waals surface area contributed by atoms with Gasteiger partial charge >= 0.3 is 0 Å². The maximum absolute atomic E-state index is 15.2. The second-order valence-corrected chi connectivity index (χ2v) is 25.8. The normalized spacial score (nSPS) is 34.6. The number of aliphatic hydroxyl groups is 13. The molecule has 6 aliphatic rings. The van der Waals surface area contributed by atoms with E-state index in [1.165, 1.54) is 24.3 Å². The molecule has 38 nitrogen and oxygen atoms in total. The SMILES string of the molecule is CC(c1ccccc1)C1NC(=O)CNC(=O)C(CO)NC(=O)C(C(O)C2CN=C(N)N2C2OC(CO)C(O)C(O)C2O)NC(=O)C(C(O)C2CN=C(N)N2)NC(=O)C(Cc2ccc(OC3OC(CO)C(OC4OC(CO)C(OC/C=C/c5ccc(N(C)C)cc5)C(O)C4O)C(O)C3O)cc2)NC1=O. The van der Waals surface area contributed by atoms with Crippen molar-refractivity contribution in [2.45, 2.75) is 166 Å². The van der Waals surface area contributed by atoms with Crippen LogP contribution in [0.5, 0.6) is 5.75 Å². The molecular formula is C65H91N13O25. The minimum absolute atomic E-state index is 0.0662. The van der Waals surface area contributed by atoms with E-state index in [9.17, 15) is 85.6 Å². The third-order valence-corrected chi connectivity index (χ3v) is 18.6. The van der Waals surface area contributed by atoms with E-state index < -0.39 is 240 Å². The number of guanidine groups is 2. The zero-order valence-corrected chi connectivity index (χ0v) is 56.1. The van der Waals surface area contributed by atoms with Crippen LogP contribution in [-0.4, -0.2) is 332 Å². The Hall–Kier alpha value is -8.36. The lowest BCUT2D eigenvalue weighted by molar-refractivity contribution is -0.354. The molecule has 103 heavy (non-hydrogen) atoms. The van der Waals surface area contributed by atoms with Gasteiger partial charge in [0.05, 0.1) is 64.8 Å². The summed E-state index contributed by atoms with van der Waals surface area (Å²) < 4.78 is 35.0. The first kappa shape index (κ1) is 78.8. The monoisotopic (exact) mass is 1450 g/mol. The lowest BCUT2D eigenvalue weighted by Crippen LogP contribution is -2.70. The van der Waals surface area contributed by atoms with E-state index in [1.807, 2.05) is 43.3 Å². The van der Waals surface area contributed by atoms with Crippen molar-refractivity contribution in [3.63, 3.8) is 0 Å². The van der Waals surface area contributed by atoms with E-state index in [0.29, 0.717) is 5.56 Å². The van der Waals surface area contributed by atoms with Crippen LogP contribution in [-0.2, 0) is 58.9 Å². The highest BCUT2D eigenvalue weighted by atomic mass is 16.7. The number of hydrogen-bond acceptors (Lipinski definition) is 32. The molecule has 0 aromatic heterocycles. The van der Waals surface area contributed by atoms with Gasteiger partial charge in [-0.3, -0.25) is 38.8 Å². The average Bonchev–Trinajstić information content (AvgIpc) is 1.75. The van der Waals surface area contributed by atoms with E-state index in [1.54, 1.807) is 49.4 Å². The summed E-state index contributed by atoms with van der Waals surface area (Å²) in [6, 6.07) is 8.50. The van der Waals surface area contributed by atoms with Crippen molar-refractivity contribution in [2.24, 2.45) is 21.5 Å².